The molecule has 46 heavy (non-hydrogen) atoms. The zero-order chi connectivity index (χ0) is 30.2. The van der Waals surface area contributed by atoms with E-state index in [0.717, 1.165) is 61.6 Å². The Morgan fingerprint density at radius 1 is 0.391 bits per heavy atom. The number of nitrogens with zero attached hydrogens (tertiary/aromatic N) is 1. The molecule has 0 saturated heterocycles. The highest BCUT2D eigenvalue weighted by atomic mass is 16.5. The van der Waals surface area contributed by atoms with Crippen molar-refractivity contribution in [1.29, 1.82) is 0 Å². The second-order valence-electron chi connectivity index (χ2n) is 12.1. The fourth-order valence-corrected chi connectivity index (χ4v) is 7.85. The van der Waals surface area contributed by atoms with E-state index in [2.05, 4.69) is 169 Å². The molecule has 7 aromatic carbocycles. The zero-order valence-electron chi connectivity index (χ0n) is 24.9. The van der Waals surface area contributed by atoms with Crippen molar-refractivity contribution in [1.82, 2.24) is 0 Å². The van der Waals surface area contributed by atoms with E-state index in [9.17, 15) is 0 Å². The van der Waals surface area contributed by atoms with Crippen LogP contribution in [0.15, 0.2) is 168 Å². The van der Waals surface area contributed by atoms with E-state index in [4.69, 9.17) is 9.15 Å². The van der Waals surface area contributed by atoms with E-state index in [1.807, 2.05) is 0 Å². The van der Waals surface area contributed by atoms with Gasteiger partial charge in [0.1, 0.15) is 22.7 Å². The fraction of sp³-hybridized carbons (Fsp3) is 0.0233. The fourth-order valence-electron chi connectivity index (χ4n) is 7.85. The zero-order valence-corrected chi connectivity index (χ0v) is 24.9. The molecule has 8 aromatic rings. The first-order chi connectivity index (χ1) is 22.8. The minimum atomic E-state index is -0.521. The Bertz CT molecular complexity index is 2370. The number of rotatable bonds is 3. The molecule has 0 radical (unpaired) electrons. The lowest BCUT2D eigenvalue weighted by atomic mass is 9.66. The summed E-state index contributed by atoms with van der Waals surface area (Å²) in [6, 6.07) is 58.0. The van der Waals surface area contributed by atoms with Crippen LogP contribution in [0.25, 0.3) is 33.1 Å². The van der Waals surface area contributed by atoms with Crippen LogP contribution in [0, 0.1) is 0 Å². The van der Waals surface area contributed by atoms with Crippen LogP contribution in [0.5, 0.6) is 11.5 Å². The van der Waals surface area contributed by atoms with Gasteiger partial charge in [0.2, 0.25) is 0 Å². The highest BCUT2D eigenvalue weighted by Crippen LogP contribution is 2.62. The second kappa shape index (κ2) is 9.47. The molecule has 10 rings (SSSR count). The Morgan fingerprint density at radius 3 is 1.63 bits per heavy atom. The molecule has 0 saturated carbocycles. The topological polar surface area (TPSA) is 25.6 Å². The predicted octanol–water partition coefficient (Wildman–Crippen LogP) is 11.5. The minimum Gasteiger partial charge on any atom is -0.457 e. The molecular formula is C43H27NO2. The number of furan rings is 1. The average Bonchev–Trinajstić information content (AvgIpc) is 3.61. The van der Waals surface area contributed by atoms with Crippen LogP contribution < -0.4 is 9.64 Å². The number of hydrogen-bond acceptors (Lipinski definition) is 3. The Hall–Kier alpha value is -6.06. The average molecular weight is 590 g/mol. The lowest BCUT2D eigenvalue weighted by Gasteiger charge is -2.39. The first-order valence-corrected chi connectivity index (χ1v) is 15.7. The molecule has 3 nitrogen and oxygen atoms in total. The molecule has 0 N–H and O–H groups in total. The van der Waals surface area contributed by atoms with Gasteiger partial charge in [0, 0.05) is 39.0 Å². The van der Waals surface area contributed by atoms with E-state index in [0.29, 0.717) is 0 Å². The van der Waals surface area contributed by atoms with Crippen LogP contribution in [0.2, 0.25) is 0 Å². The first-order valence-electron chi connectivity index (χ1n) is 15.7. The van der Waals surface area contributed by atoms with Crippen molar-refractivity contribution in [2.75, 3.05) is 4.90 Å². The third kappa shape index (κ3) is 3.37. The van der Waals surface area contributed by atoms with Crippen LogP contribution in [-0.2, 0) is 5.41 Å². The van der Waals surface area contributed by atoms with Gasteiger partial charge < -0.3 is 14.1 Å². The number of benzene rings is 7. The molecule has 1 aliphatic heterocycles. The molecule has 2 heterocycles. The molecular weight excluding hydrogens is 562 g/mol. The van der Waals surface area contributed by atoms with E-state index >= 15 is 0 Å². The molecule has 216 valence electrons. The monoisotopic (exact) mass is 589 g/mol. The summed E-state index contributed by atoms with van der Waals surface area (Å²) in [6.07, 6.45) is 0. The molecule has 0 bridgehead atoms. The van der Waals surface area contributed by atoms with Crippen molar-refractivity contribution in [2.24, 2.45) is 0 Å². The molecule has 0 fully saturated rings. The second-order valence-corrected chi connectivity index (χ2v) is 12.1. The van der Waals surface area contributed by atoms with Gasteiger partial charge in [-0.25, -0.2) is 0 Å². The Kier molecular flexibility index (Phi) is 5.20. The maximum absolute atomic E-state index is 6.68. The van der Waals surface area contributed by atoms with Crippen LogP contribution in [-0.4, -0.2) is 0 Å². The van der Waals surface area contributed by atoms with Gasteiger partial charge in [0.15, 0.2) is 0 Å². The van der Waals surface area contributed by atoms with Crippen molar-refractivity contribution in [3.05, 3.63) is 186 Å². The van der Waals surface area contributed by atoms with Gasteiger partial charge in [0.05, 0.1) is 5.41 Å². The lowest BCUT2D eigenvalue weighted by molar-refractivity contribution is 0.436. The van der Waals surface area contributed by atoms with Gasteiger partial charge in [-0.2, -0.15) is 0 Å². The molecule has 1 aromatic heterocycles. The number of anilines is 3. The molecule has 2 aliphatic rings. The summed E-state index contributed by atoms with van der Waals surface area (Å²) in [6.45, 7) is 0. The molecule has 0 unspecified atom stereocenters. The summed E-state index contributed by atoms with van der Waals surface area (Å²) in [5.41, 5.74) is 11.8. The van der Waals surface area contributed by atoms with Gasteiger partial charge in [0.25, 0.3) is 0 Å². The minimum absolute atomic E-state index is 0.521. The number of ether oxygens (including phenoxy) is 1. The van der Waals surface area contributed by atoms with Crippen LogP contribution >= 0.6 is 0 Å². The van der Waals surface area contributed by atoms with E-state index in [1.165, 1.54) is 22.3 Å². The lowest BCUT2D eigenvalue weighted by Crippen LogP contribution is -2.32. The van der Waals surface area contributed by atoms with Gasteiger partial charge in [-0.3, -0.25) is 0 Å². The van der Waals surface area contributed by atoms with Crippen molar-refractivity contribution >= 4 is 39.0 Å². The maximum Gasteiger partial charge on any atom is 0.135 e. The third-order valence-electron chi connectivity index (χ3n) is 9.71. The Labute approximate surface area is 266 Å². The summed E-state index contributed by atoms with van der Waals surface area (Å²) in [7, 11) is 0. The number of fused-ring (bicyclic) bond motifs is 12. The van der Waals surface area contributed by atoms with E-state index in [-0.39, 0.29) is 0 Å². The molecule has 0 amide bonds. The van der Waals surface area contributed by atoms with Gasteiger partial charge >= 0.3 is 0 Å². The molecule has 0 atom stereocenters. The van der Waals surface area contributed by atoms with Gasteiger partial charge in [-0.15, -0.1) is 0 Å². The van der Waals surface area contributed by atoms with Crippen molar-refractivity contribution in [2.45, 2.75) is 5.41 Å². The number of para-hydroxylation sites is 4. The summed E-state index contributed by atoms with van der Waals surface area (Å²) in [4.78, 5) is 2.30. The predicted molar refractivity (Wildman–Crippen MR) is 186 cm³/mol. The smallest absolute Gasteiger partial charge is 0.135 e. The van der Waals surface area contributed by atoms with Crippen molar-refractivity contribution in [3.8, 4) is 22.6 Å². The molecule has 1 spiro atoms. The summed E-state index contributed by atoms with van der Waals surface area (Å²) in [5.74, 6) is 1.78. The maximum atomic E-state index is 6.68. The highest BCUT2D eigenvalue weighted by molar-refractivity contribution is 6.09. The van der Waals surface area contributed by atoms with Crippen LogP contribution in [0.4, 0.5) is 17.1 Å². The number of hydrogen-bond donors (Lipinski definition) is 0. The van der Waals surface area contributed by atoms with E-state index in [1.54, 1.807) is 0 Å². The van der Waals surface area contributed by atoms with Gasteiger partial charge in [-0.05, 0) is 89.0 Å². The first kappa shape index (κ1) is 25.3. The molecule has 3 heteroatoms. The standard InChI is InChI=1S/C43H27NO2/c1-3-13-28(14-4-1)44(29-15-5-2-6-16-29)30-23-24-39-33(25-30)34-26-32-31-17-7-8-18-35(31)43(38(32)27-42(34)45-39)36-19-9-11-21-40(36)46-41-22-12-10-20-37(41)43/h1-27H. The van der Waals surface area contributed by atoms with Gasteiger partial charge in [-0.1, -0.05) is 97.1 Å². The van der Waals surface area contributed by atoms with Crippen molar-refractivity contribution < 1.29 is 9.15 Å². The molecule has 1 aliphatic carbocycles. The summed E-state index contributed by atoms with van der Waals surface area (Å²) >= 11 is 0. The van der Waals surface area contributed by atoms with Crippen molar-refractivity contribution in [3.63, 3.8) is 0 Å². The quantitative estimate of drug-likeness (QED) is 0.205. The summed E-state index contributed by atoms with van der Waals surface area (Å²) in [5, 5.41) is 2.20. The highest BCUT2D eigenvalue weighted by Gasteiger charge is 2.51. The third-order valence-corrected chi connectivity index (χ3v) is 9.71. The summed E-state index contributed by atoms with van der Waals surface area (Å²) < 4.78 is 13.2. The van der Waals surface area contributed by atoms with E-state index < -0.39 is 5.41 Å². The van der Waals surface area contributed by atoms with Crippen LogP contribution in [0.1, 0.15) is 22.3 Å². The SMILES string of the molecule is c1ccc(N(c2ccccc2)c2ccc3oc4cc5c(cc4c3c2)-c2ccccc2C52c3ccccc3Oc3ccccc32)cc1. The Balaban J connectivity index is 1.25. The Morgan fingerprint density at radius 2 is 0.957 bits per heavy atom. The normalized spacial score (nSPS) is 13.6. The largest absolute Gasteiger partial charge is 0.457 e. The van der Waals surface area contributed by atoms with Crippen LogP contribution in [0.3, 0.4) is 0 Å².